The van der Waals surface area contributed by atoms with Gasteiger partial charge in [-0.3, -0.25) is 9.59 Å². The highest BCUT2D eigenvalue weighted by atomic mass is 16.1. The van der Waals surface area contributed by atoms with E-state index < -0.39 is 0 Å². The Morgan fingerprint density at radius 2 is 1.80 bits per heavy atom. The molecule has 0 spiro atoms. The zero-order valence-electron chi connectivity index (χ0n) is 11.5. The van der Waals surface area contributed by atoms with Crippen molar-refractivity contribution in [3.63, 3.8) is 0 Å². The van der Waals surface area contributed by atoms with Gasteiger partial charge in [0.15, 0.2) is 5.78 Å². The van der Waals surface area contributed by atoms with Crippen LogP contribution in [0.3, 0.4) is 0 Å². The number of nitrogen functional groups attached to an aromatic ring is 1. The van der Waals surface area contributed by atoms with Crippen LogP contribution in [0.15, 0.2) is 42.5 Å². The van der Waals surface area contributed by atoms with E-state index in [0.29, 0.717) is 16.8 Å². The molecule has 2 N–H and O–H groups in total. The van der Waals surface area contributed by atoms with Crippen molar-refractivity contribution in [2.45, 2.75) is 6.92 Å². The monoisotopic (exact) mass is 268 g/mol. The number of nitrogens with two attached hydrogens (primary N) is 1. The van der Waals surface area contributed by atoms with Crippen LogP contribution in [0.25, 0.3) is 0 Å². The van der Waals surface area contributed by atoms with Gasteiger partial charge in [0.1, 0.15) is 0 Å². The summed E-state index contributed by atoms with van der Waals surface area (Å²) in [6.45, 7) is 1.87. The number of nitrogens with zero attached hydrogens (tertiary/aromatic N) is 1. The van der Waals surface area contributed by atoms with Crippen LogP contribution in [-0.4, -0.2) is 19.2 Å². The number of para-hydroxylation sites is 1. The SMILES string of the molecule is Cc1cccc(C(=O)c2ccc(N(C)C=O)cc2)c1N. The topological polar surface area (TPSA) is 63.4 Å². The van der Waals surface area contributed by atoms with Gasteiger partial charge >= 0.3 is 0 Å². The van der Waals surface area contributed by atoms with E-state index >= 15 is 0 Å². The normalized spacial score (nSPS) is 10.1. The molecule has 0 atom stereocenters. The average Bonchev–Trinajstić information content (AvgIpc) is 2.48. The van der Waals surface area contributed by atoms with Gasteiger partial charge in [-0.1, -0.05) is 12.1 Å². The van der Waals surface area contributed by atoms with Crippen LogP contribution in [0.5, 0.6) is 0 Å². The number of hydrogen-bond acceptors (Lipinski definition) is 3. The Bertz CT molecular complexity index is 648. The summed E-state index contributed by atoms with van der Waals surface area (Å²) in [4.78, 5) is 24.5. The smallest absolute Gasteiger partial charge is 0.213 e. The number of carbonyl (C=O) groups is 2. The summed E-state index contributed by atoms with van der Waals surface area (Å²) in [5.74, 6) is -0.119. The molecule has 2 rings (SSSR count). The first kappa shape index (κ1) is 13.8. The maximum Gasteiger partial charge on any atom is 0.213 e. The molecule has 0 fully saturated rings. The van der Waals surface area contributed by atoms with E-state index in [1.54, 1.807) is 37.4 Å². The largest absolute Gasteiger partial charge is 0.398 e. The Balaban J connectivity index is 2.34. The summed E-state index contributed by atoms with van der Waals surface area (Å²) < 4.78 is 0. The van der Waals surface area contributed by atoms with Gasteiger partial charge in [0.25, 0.3) is 0 Å². The predicted octanol–water partition coefficient (Wildman–Crippen LogP) is 2.40. The predicted molar refractivity (Wildman–Crippen MR) is 79.9 cm³/mol. The van der Waals surface area contributed by atoms with Crippen molar-refractivity contribution in [1.82, 2.24) is 0 Å². The van der Waals surface area contributed by atoms with E-state index in [9.17, 15) is 9.59 Å². The molecule has 0 saturated carbocycles. The van der Waals surface area contributed by atoms with Gasteiger partial charge < -0.3 is 10.6 Å². The molecule has 0 radical (unpaired) electrons. The molecule has 0 aliphatic heterocycles. The van der Waals surface area contributed by atoms with Gasteiger partial charge in [-0.2, -0.15) is 0 Å². The summed E-state index contributed by atoms with van der Waals surface area (Å²) in [5, 5.41) is 0. The highest BCUT2D eigenvalue weighted by molar-refractivity contribution is 6.12. The molecule has 4 nitrogen and oxygen atoms in total. The van der Waals surface area contributed by atoms with Crippen molar-refractivity contribution in [2.24, 2.45) is 0 Å². The van der Waals surface area contributed by atoms with Gasteiger partial charge in [-0.05, 0) is 42.8 Å². The summed E-state index contributed by atoms with van der Waals surface area (Å²) in [7, 11) is 1.66. The maximum absolute atomic E-state index is 12.4. The molecule has 102 valence electrons. The zero-order chi connectivity index (χ0) is 14.7. The number of ketones is 1. The van der Waals surface area contributed by atoms with Crippen molar-refractivity contribution < 1.29 is 9.59 Å². The lowest BCUT2D eigenvalue weighted by Gasteiger charge is -2.11. The van der Waals surface area contributed by atoms with Crippen LogP contribution in [0.1, 0.15) is 21.5 Å². The number of benzene rings is 2. The molecular formula is C16H16N2O2. The van der Waals surface area contributed by atoms with E-state index in [-0.39, 0.29) is 5.78 Å². The fraction of sp³-hybridized carbons (Fsp3) is 0.125. The highest BCUT2D eigenvalue weighted by Crippen LogP contribution is 2.21. The van der Waals surface area contributed by atoms with Gasteiger partial charge in [0, 0.05) is 29.5 Å². The standard InChI is InChI=1S/C16H16N2O2/c1-11-4-3-5-14(15(11)17)16(20)12-6-8-13(9-7-12)18(2)10-19/h3-10H,17H2,1-2H3. The first-order valence-corrected chi connectivity index (χ1v) is 6.22. The lowest BCUT2D eigenvalue weighted by atomic mass is 9.99. The maximum atomic E-state index is 12.4. The minimum Gasteiger partial charge on any atom is -0.398 e. The van der Waals surface area contributed by atoms with Crippen molar-refractivity contribution in [1.29, 1.82) is 0 Å². The number of carbonyl (C=O) groups excluding carboxylic acids is 2. The molecule has 0 aliphatic carbocycles. The van der Waals surface area contributed by atoms with Crippen molar-refractivity contribution in [3.05, 3.63) is 59.2 Å². The minimum atomic E-state index is -0.119. The quantitative estimate of drug-likeness (QED) is 0.526. The molecular weight excluding hydrogens is 252 g/mol. The van der Waals surface area contributed by atoms with Gasteiger partial charge in [-0.25, -0.2) is 0 Å². The van der Waals surface area contributed by atoms with Gasteiger partial charge in [0.05, 0.1) is 0 Å². The second kappa shape index (κ2) is 5.57. The molecule has 0 aliphatic rings. The number of amides is 1. The van der Waals surface area contributed by atoms with Crippen LogP contribution >= 0.6 is 0 Å². The Kier molecular flexibility index (Phi) is 3.84. The van der Waals surface area contributed by atoms with Gasteiger partial charge in [0.2, 0.25) is 6.41 Å². The average molecular weight is 268 g/mol. The third kappa shape index (κ3) is 2.54. The van der Waals surface area contributed by atoms with Crippen molar-refractivity contribution in [2.75, 3.05) is 17.7 Å². The molecule has 2 aromatic rings. The Hall–Kier alpha value is -2.62. The lowest BCUT2D eigenvalue weighted by molar-refractivity contribution is -0.107. The van der Waals surface area contributed by atoms with Crippen LogP contribution in [-0.2, 0) is 4.79 Å². The van der Waals surface area contributed by atoms with E-state index in [1.165, 1.54) is 4.90 Å². The molecule has 0 bridgehead atoms. The van der Waals surface area contributed by atoms with Crippen LogP contribution in [0, 0.1) is 6.92 Å². The number of hydrogen-bond donors (Lipinski definition) is 1. The zero-order valence-corrected chi connectivity index (χ0v) is 11.5. The van der Waals surface area contributed by atoms with E-state index in [4.69, 9.17) is 5.73 Å². The molecule has 0 aromatic heterocycles. The molecule has 2 aromatic carbocycles. The van der Waals surface area contributed by atoms with Crippen molar-refractivity contribution in [3.8, 4) is 0 Å². The summed E-state index contributed by atoms with van der Waals surface area (Å²) in [6.07, 6.45) is 0.718. The number of rotatable bonds is 4. The molecule has 20 heavy (non-hydrogen) atoms. The minimum absolute atomic E-state index is 0.119. The first-order valence-electron chi connectivity index (χ1n) is 6.22. The van der Waals surface area contributed by atoms with E-state index in [1.807, 2.05) is 19.1 Å². The Labute approximate surface area is 117 Å². The van der Waals surface area contributed by atoms with Gasteiger partial charge in [-0.15, -0.1) is 0 Å². The molecule has 0 saturated heterocycles. The number of aryl methyl sites for hydroxylation is 1. The van der Waals surface area contributed by atoms with Crippen LogP contribution < -0.4 is 10.6 Å². The van der Waals surface area contributed by atoms with E-state index in [0.717, 1.165) is 17.7 Å². The molecule has 4 heteroatoms. The van der Waals surface area contributed by atoms with Crippen LogP contribution in [0.4, 0.5) is 11.4 Å². The summed E-state index contributed by atoms with van der Waals surface area (Å²) in [5.41, 5.74) is 9.11. The lowest BCUT2D eigenvalue weighted by Crippen LogP contribution is -2.13. The van der Waals surface area contributed by atoms with Crippen LogP contribution in [0.2, 0.25) is 0 Å². The molecule has 1 amide bonds. The molecule has 0 heterocycles. The van der Waals surface area contributed by atoms with Crippen molar-refractivity contribution >= 4 is 23.6 Å². The third-order valence-electron chi connectivity index (χ3n) is 3.26. The summed E-state index contributed by atoms with van der Waals surface area (Å²) >= 11 is 0. The second-order valence-electron chi connectivity index (χ2n) is 4.63. The highest BCUT2D eigenvalue weighted by Gasteiger charge is 2.13. The summed E-state index contributed by atoms with van der Waals surface area (Å²) in [6, 6.07) is 12.2. The third-order valence-corrected chi connectivity index (χ3v) is 3.26. The fourth-order valence-corrected chi connectivity index (χ4v) is 1.94. The van der Waals surface area contributed by atoms with E-state index in [2.05, 4.69) is 0 Å². The Morgan fingerprint density at radius 3 is 2.40 bits per heavy atom. The number of anilines is 2. The first-order chi connectivity index (χ1) is 9.54. The second-order valence-corrected chi connectivity index (χ2v) is 4.63. The Morgan fingerprint density at radius 1 is 1.15 bits per heavy atom. The molecule has 0 unspecified atom stereocenters. The fourth-order valence-electron chi connectivity index (χ4n) is 1.94.